The minimum absolute atomic E-state index is 0.0128. The number of halogens is 2. The van der Waals surface area contributed by atoms with Crippen LogP contribution in [0.5, 0.6) is 11.5 Å². The van der Waals surface area contributed by atoms with E-state index in [1.54, 1.807) is 24.3 Å². The number of carbonyl (C=O) groups excluding carboxylic acids is 2. The monoisotopic (exact) mass is 441 g/mol. The predicted molar refractivity (Wildman–Crippen MR) is 102 cm³/mol. The van der Waals surface area contributed by atoms with Crippen LogP contribution in [0.15, 0.2) is 40.9 Å². The van der Waals surface area contributed by atoms with Crippen molar-refractivity contribution < 1.29 is 24.2 Å². The summed E-state index contributed by atoms with van der Waals surface area (Å²) >= 11 is 9.21. The summed E-state index contributed by atoms with van der Waals surface area (Å²) in [4.78, 5) is 23.6. The van der Waals surface area contributed by atoms with Crippen molar-refractivity contribution >= 4 is 45.1 Å². The molecular formula is C18H17BrClNO5. The smallest absolute Gasteiger partial charge is 0.341 e. The van der Waals surface area contributed by atoms with Crippen LogP contribution in [0.25, 0.3) is 0 Å². The molecule has 2 rings (SSSR count). The number of nitrogens with one attached hydrogen (secondary N) is 1. The van der Waals surface area contributed by atoms with Gasteiger partial charge in [0.25, 0.3) is 0 Å². The molecule has 138 valence electrons. The van der Waals surface area contributed by atoms with Gasteiger partial charge in [0.05, 0.1) is 23.9 Å². The molecule has 0 aliphatic heterocycles. The SMILES string of the molecule is COC(=O)c1cccc(NC(=O)CCCOc2ccc(Cl)cc2Br)c1O. The van der Waals surface area contributed by atoms with Crippen LogP contribution in [0.1, 0.15) is 23.2 Å². The number of esters is 1. The molecule has 8 heteroatoms. The van der Waals surface area contributed by atoms with Crippen molar-refractivity contribution in [3.05, 3.63) is 51.5 Å². The Morgan fingerprint density at radius 3 is 2.73 bits per heavy atom. The van der Waals surface area contributed by atoms with E-state index in [0.717, 1.165) is 4.47 Å². The Kier molecular flexibility index (Phi) is 7.29. The topological polar surface area (TPSA) is 84.9 Å². The van der Waals surface area contributed by atoms with Gasteiger partial charge in [-0.1, -0.05) is 17.7 Å². The maximum absolute atomic E-state index is 12.0. The highest BCUT2D eigenvalue weighted by Crippen LogP contribution is 2.29. The molecule has 0 heterocycles. The molecule has 0 saturated carbocycles. The molecule has 0 saturated heterocycles. The summed E-state index contributed by atoms with van der Waals surface area (Å²) in [5.41, 5.74) is 0.139. The standard InChI is InChI=1S/C18H17BrClNO5/c1-25-18(24)12-4-2-5-14(17(12)23)21-16(22)6-3-9-26-15-8-7-11(20)10-13(15)19/h2,4-5,7-8,10,23H,3,6,9H2,1H3,(H,21,22). The van der Waals surface area contributed by atoms with Gasteiger partial charge in [0.1, 0.15) is 11.3 Å². The molecule has 26 heavy (non-hydrogen) atoms. The Morgan fingerprint density at radius 2 is 2.04 bits per heavy atom. The third-order valence-corrected chi connectivity index (χ3v) is 4.27. The molecule has 6 nitrogen and oxygen atoms in total. The van der Waals surface area contributed by atoms with Gasteiger partial charge in [0.2, 0.25) is 5.91 Å². The number of carbonyl (C=O) groups is 2. The van der Waals surface area contributed by atoms with Crippen LogP contribution in [0.2, 0.25) is 5.02 Å². The van der Waals surface area contributed by atoms with Crippen molar-refractivity contribution in [2.75, 3.05) is 19.0 Å². The van der Waals surface area contributed by atoms with Crippen molar-refractivity contribution in [1.29, 1.82) is 0 Å². The molecule has 0 bridgehead atoms. The summed E-state index contributed by atoms with van der Waals surface area (Å²) in [6.07, 6.45) is 0.658. The lowest BCUT2D eigenvalue weighted by Gasteiger charge is -2.11. The lowest BCUT2D eigenvalue weighted by molar-refractivity contribution is -0.116. The molecular weight excluding hydrogens is 426 g/mol. The summed E-state index contributed by atoms with van der Waals surface area (Å²) in [6.45, 7) is 0.335. The number of benzene rings is 2. The highest BCUT2D eigenvalue weighted by atomic mass is 79.9. The van der Waals surface area contributed by atoms with Gasteiger partial charge < -0.3 is 19.9 Å². The molecule has 0 atom stereocenters. The first-order valence-corrected chi connectivity index (χ1v) is 8.87. The van der Waals surface area contributed by atoms with E-state index < -0.39 is 5.97 Å². The molecule has 2 aromatic rings. The van der Waals surface area contributed by atoms with Gasteiger partial charge in [-0.15, -0.1) is 0 Å². The number of phenolic OH excluding ortho intramolecular Hbond substituents is 1. The average Bonchev–Trinajstić information content (AvgIpc) is 2.61. The van der Waals surface area contributed by atoms with Crippen LogP contribution >= 0.6 is 27.5 Å². The van der Waals surface area contributed by atoms with Gasteiger partial charge in [-0.05, 0) is 52.7 Å². The average molecular weight is 443 g/mol. The lowest BCUT2D eigenvalue weighted by Crippen LogP contribution is -2.14. The number of para-hydroxylation sites is 1. The van der Waals surface area contributed by atoms with E-state index in [0.29, 0.717) is 23.8 Å². The molecule has 0 radical (unpaired) electrons. The van der Waals surface area contributed by atoms with E-state index in [9.17, 15) is 14.7 Å². The summed E-state index contributed by atoms with van der Waals surface area (Å²) in [6, 6.07) is 9.63. The molecule has 2 aromatic carbocycles. The zero-order chi connectivity index (χ0) is 19.1. The molecule has 0 aliphatic carbocycles. The van der Waals surface area contributed by atoms with Crippen LogP contribution in [-0.2, 0) is 9.53 Å². The second-order valence-corrected chi connectivity index (χ2v) is 6.56. The normalized spacial score (nSPS) is 10.3. The Labute approximate surface area is 164 Å². The van der Waals surface area contributed by atoms with E-state index >= 15 is 0 Å². The zero-order valence-corrected chi connectivity index (χ0v) is 16.3. The third-order valence-electron chi connectivity index (χ3n) is 3.42. The number of methoxy groups -OCH3 is 1. The molecule has 0 fully saturated rings. The van der Waals surface area contributed by atoms with Crippen LogP contribution in [-0.4, -0.2) is 30.7 Å². The number of anilines is 1. The van der Waals surface area contributed by atoms with E-state index in [-0.39, 0.29) is 29.3 Å². The van der Waals surface area contributed by atoms with Crippen molar-refractivity contribution in [3.63, 3.8) is 0 Å². The highest BCUT2D eigenvalue weighted by molar-refractivity contribution is 9.10. The number of aromatic hydroxyl groups is 1. The van der Waals surface area contributed by atoms with Crippen LogP contribution in [0, 0.1) is 0 Å². The second-order valence-electron chi connectivity index (χ2n) is 5.27. The second kappa shape index (κ2) is 9.45. The van der Waals surface area contributed by atoms with Crippen molar-refractivity contribution in [3.8, 4) is 11.5 Å². The molecule has 0 aliphatic rings. The summed E-state index contributed by atoms with van der Waals surface area (Å²) < 4.78 is 10.9. The molecule has 1 amide bonds. The first-order chi connectivity index (χ1) is 12.4. The van der Waals surface area contributed by atoms with Crippen LogP contribution < -0.4 is 10.1 Å². The Bertz CT molecular complexity index is 812. The van der Waals surface area contributed by atoms with Gasteiger partial charge in [0, 0.05) is 11.4 Å². The fraction of sp³-hybridized carbons (Fsp3) is 0.222. The number of rotatable bonds is 7. The van der Waals surface area contributed by atoms with Gasteiger partial charge >= 0.3 is 5.97 Å². The van der Waals surface area contributed by atoms with E-state index in [4.69, 9.17) is 16.3 Å². The first-order valence-electron chi connectivity index (χ1n) is 7.70. The number of hydrogen-bond acceptors (Lipinski definition) is 5. The molecule has 2 N–H and O–H groups in total. The zero-order valence-electron chi connectivity index (χ0n) is 13.9. The minimum Gasteiger partial charge on any atom is -0.505 e. The quantitative estimate of drug-likeness (QED) is 0.377. The minimum atomic E-state index is -0.680. The lowest BCUT2D eigenvalue weighted by atomic mass is 10.1. The van der Waals surface area contributed by atoms with Crippen molar-refractivity contribution in [2.24, 2.45) is 0 Å². The maximum atomic E-state index is 12.0. The molecule has 0 aromatic heterocycles. The fourth-order valence-corrected chi connectivity index (χ4v) is 2.94. The predicted octanol–water partition coefficient (Wildman–Crippen LogP) is 4.39. The Balaban J connectivity index is 1.85. The third kappa shape index (κ3) is 5.37. The summed E-state index contributed by atoms with van der Waals surface area (Å²) in [7, 11) is 1.21. The van der Waals surface area contributed by atoms with Crippen molar-refractivity contribution in [2.45, 2.75) is 12.8 Å². The number of hydrogen-bond donors (Lipinski definition) is 2. The van der Waals surface area contributed by atoms with Gasteiger partial charge in [-0.3, -0.25) is 4.79 Å². The fourth-order valence-electron chi connectivity index (χ4n) is 2.14. The number of phenols is 1. The maximum Gasteiger partial charge on any atom is 0.341 e. The van der Waals surface area contributed by atoms with Gasteiger partial charge in [0.15, 0.2) is 5.75 Å². The molecule has 0 unspecified atom stereocenters. The number of amides is 1. The first kappa shape index (κ1) is 20.1. The Morgan fingerprint density at radius 1 is 1.27 bits per heavy atom. The van der Waals surface area contributed by atoms with E-state index in [2.05, 4.69) is 26.0 Å². The highest BCUT2D eigenvalue weighted by Gasteiger charge is 2.15. The largest absolute Gasteiger partial charge is 0.505 e. The van der Waals surface area contributed by atoms with Crippen molar-refractivity contribution in [1.82, 2.24) is 0 Å². The van der Waals surface area contributed by atoms with E-state index in [1.807, 2.05) is 0 Å². The summed E-state index contributed by atoms with van der Waals surface area (Å²) in [5, 5.41) is 13.2. The van der Waals surface area contributed by atoms with Crippen LogP contribution in [0.4, 0.5) is 5.69 Å². The van der Waals surface area contributed by atoms with Crippen LogP contribution in [0.3, 0.4) is 0 Å². The number of ether oxygens (including phenoxy) is 2. The van der Waals surface area contributed by atoms with Gasteiger partial charge in [-0.2, -0.15) is 0 Å². The van der Waals surface area contributed by atoms with E-state index in [1.165, 1.54) is 19.2 Å². The van der Waals surface area contributed by atoms with Gasteiger partial charge in [-0.25, -0.2) is 4.79 Å². The summed E-state index contributed by atoms with van der Waals surface area (Å²) in [5.74, 6) is -0.672. The Hall–Kier alpha value is -2.25. The molecule has 0 spiro atoms.